The van der Waals surface area contributed by atoms with Crippen molar-refractivity contribution in [2.24, 2.45) is 0 Å². The molecule has 0 atom stereocenters. The highest BCUT2D eigenvalue weighted by molar-refractivity contribution is 6.05. The van der Waals surface area contributed by atoms with Gasteiger partial charge in [0.1, 0.15) is 5.75 Å². The smallest absolute Gasteiger partial charge is 0.256 e. The summed E-state index contributed by atoms with van der Waals surface area (Å²) in [6.45, 7) is 6.78. The highest BCUT2D eigenvalue weighted by Crippen LogP contribution is 2.19. The van der Waals surface area contributed by atoms with Gasteiger partial charge in [-0.05, 0) is 30.7 Å². The number of aromatic nitrogens is 2. The maximum absolute atomic E-state index is 12.9. The molecule has 140 valence electrons. The van der Waals surface area contributed by atoms with Crippen molar-refractivity contribution < 1.29 is 9.53 Å². The maximum Gasteiger partial charge on any atom is 0.256 e. The largest absolute Gasteiger partial charge is 0.494 e. The van der Waals surface area contributed by atoms with E-state index in [1.807, 2.05) is 42.2 Å². The molecule has 1 aliphatic heterocycles. The van der Waals surface area contributed by atoms with Crippen LogP contribution in [0.4, 0.5) is 0 Å². The van der Waals surface area contributed by atoms with Gasteiger partial charge in [0.05, 0.1) is 23.9 Å². The van der Waals surface area contributed by atoms with Crippen LogP contribution < -0.4 is 4.74 Å². The molecule has 0 aliphatic carbocycles. The number of carbonyl (C=O) groups excluding carboxylic acids is 1. The number of H-pyrrole nitrogens is 1. The number of ether oxygens (including phenoxy) is 1. The maximum atomic E-state index is 12.9. The monoisotopic (exact) mass is 364 g/mol. The van der Waals surface area contributed by atoms with Gasteiger partial charge in [-0.1, -0.05) is 24.3 Å². The van der Waals surface area contributed by atoms with Gasteiger partial charge in [0.25, 0.3) is 5.91 Å². The van der Waals surface area contributed by atoms with Gasteiger partial charge in [-0.3, -0.25) is 14.8 Å². The number of hydrogen-bond acceptors (Lipinski definition) is 4. The number of aromatic amines is 1. The summed E-state index contributed by atoms with van der Waals surface area (Å²) in [5.41, 5.74) is 2.78. The van der Waals surface area contributed by atoms with Gasteiger partial charge in [-0.25, -0.2) is 0 Å². The summed E-state index contributed by atoms with van der Waals surface area (Å²) >= 11 is 0. The zero-order chi connectivity index (χ0) is 18.6. The number of benzene rings is 2. The number of piperazine rings is 1. The molecule has 27 heavy (non-hydrogen) atoms. The molecule has 2 aromatic carbocycles. The van der Waals surface area contributed by atoms with Crippen molar-refractivity contribution in [3.05, 3.63) is 59.8 Å². The van der Waals surface area contributed by atoms with E-state index in [1.54, 1.807) is 6.20 Å². The molecule has 6 nitrogen and oxygen atoms in total. The Morgan fingerprint density at radius 3 is 2.63 bits per heavy atom. The molecule has 0 saturated carbocycles. The van der Waals surface area contributed by atoms with Gasteiger partial charge in [0.15, 0.2) is 0 Å². The number of rotatable bonds is 5. The predicted molar refractivity (Wildman–Crippen MR) is 105 cm³/mol. The van der Waals surface area contributed by atoms with Crippen LogP contribution in [0, 0.1) is 0 Å². The lowest BCUT2D eigenvalue weighted by Crippen LogP contribution is -2.48. The summed E-state index contributed by atoms with van der Waals surface area (Å²) in [6, 6.07) is 14.0. The van der Waals surface area contributed by atoms with Crippen LogP contribution in [0.25, 0.3) is 10.9 Å². The Balaban J connectivity index is 1.36. The zero-order valence-electron chi connectivity index (χ0n) is 15.5. The van der Waals surface area contributed by atoms with Crippen molar-refractivity contribution in [1.82, 2.24) is 20.0 Å². The quantitative estimate of drug-likeness (QED) is 0.756. The second-order valence-electron chi connectivity index (χ2n) is 6.79. The Morgan fingerprint density at radius 1 is 1.11 bits per heavy atom. The fraction of sp³-hybridized carbons (Fsp3) is 0.333. The third kappa shape index (κ3) is 3.80. The molecule has 2 heterocycles. The molecular weight excluding hydrogens is 340 g/mol. The molecule has 0 bridgehead atoms. The highest BCUT2D eigenvalue weighted by atomic mass is 16.5. The lowest BCUT2D eigenvalue weighted by atomic mass is 10.1. The van der Waals surface area contributed by atoms with Gasteiger partial charge < -0.3 is 9.64 Å². The normalized spacial score (nSPS) is 15.2. The third-order valence-electron chi connectivity index (χ3n) is 5.01. The van der Waals surface area contributed by atoms with Crippen molar-refractivity contribution in [1.29, 1.82) is 0 Å². The van der Waals surface area contributed by atoms with Crippen LogP contribution in [-0.4, -0.2) is 58.7 Å². The summed E-state index contributed by atoms with van der Waals surface area (Å²) in [5.74, 6) is 0.982. The van der Waals surface area contributed by atoms with Gasteiger partial charge >= 0.3 is 0 Å². The van der Waals surface area contributed by atoms with E-state index in [-0.39, 0.29) is 5.91 Å². The Kier molecular flexibility index (Phi) is 5.07. The van der Waals surface area contributed by atoms with Crippen LogP contribution in [0.5, 0.6) is 5.75 Å². The highest BCUT2D eigenvalue weighted by Gasteiger charge is 2.23. The minimum atomic E-state index is 0.0746. The number of hydrogen-bond donors (Lipinski definition) is 1. The summed E-state index contributed by atoms with van der Waals surface area (Å²) in [7, 11) is 0. The van der Waals surface area contributed by atoms with E-state index in [0.717, 1.165) is 49.4 Å². The van der Waals surface area contributed by atoms with Crippen LogP contribution in [0.15, 0.2) is 48.7 Å². The summed E-state index contributed by atoms with van der Waals surface area (Å²) in [6.07, 6.45) is 1.75. The molecular formula is C21H24N4O2. The zero-order valence-corrected chi connectivity index (χ0v) is 15.5. The van der Waals surface area contributed by atoms with Gasteiger partial charge in [0, 0.05) is 38.1 Å². The predicted octanol–water partition coefficient (Wildman–Crippen LogP) is 2.92. The molecule has 3 aromatic rings. The van der Waals surface area contributed by atoms with Crippen LogP contribution >= 0.6 is 0 Å². The average molecular weight is 364 g/mol. The Bertz CT molecular complexity index is 911. The fourth-order valence-electron chi connectivity index (χ4n) is 3.54. The van der Waals surface area contributed by atoms with Gasteiger partial charge in [0.2, 0.25) is 0 Å². The Hall–Kier alpha value is -2.86. The molecule has 0 unspecified atom stereocenters. The van der Waals surface area contributed by atoms with E-state index in [1.165, 1.54) is 5.56 Å². The van der Waals surface area contributed by atoms with Gasteiger partial charge in [-0.2, -0.15) is 5.10 Å². The minimum Gasteiger partial charge on any atom is -0.494 e. The molecule has 0 radical (unpaired) electrons. The molecule has 1 fully saturated rings. The lowest BCUT2D eigenvalue weighted by Gasteiger charge is -2.34. The summed E-state index contributed by atoms with van der Waals surface area (Å²) in [5, 5.41) is 7.97. The first-order valence-corrected chi connectivity index (χ1v) is 9.40. The SMILES string of the molecule is CCOc1ccc(CN2CCN(C(=O)c3cccc4cn[nH]c34)CC2)cc1. The lowest BCUT2D eigenvalue weighted by molar-refractivity contribution is 0.0630. The van der Waals surface area contributed by atoms with Gasteiger partial charge in [-0.15, -0.1) is 0 Å². The van der Waals surface area contributed by atoms with Crippen molar-refractivity contribution >= 4 is 16.8 Å². The number of fused-ring (bicyclic) bond motifs is 1. The number of para-hydroxylation sites is 1. The van der Waals surface area contributed by atoms with Crippen molar-refractivity contribution in [2.45, 2.75) is 13.5 Å². The fourth-order valence-corrected chi connectivity index (χ4v) is 3.54. The first-order chi connectivity index (χ1) is 13.2. The molecule has 1 saturated heterocycles. The van der Waals surface area contributed by atoms with E-state index in [0.29, 0.717) is 12.2 Å². The standard InChI is InChI=1S/C21H24N4O2/c1-2-27-18-8-6-16(7-9-18)15-24-10-12-25(13-11-24)21(26)19-5-3-4-17-14-22-23-20(17)19/h3-9,14H,2,10-13,15H2,1H3,(H,22,23). The van der Waals surface area contributed by atoms with E-state index in [9.17, 15) is 4.79 Å². The van der Waals surface area contributed by atoms with Crippen molar-refractivity contribution in [3.63, 3.8) is 0 Å². The Morgan fingerprint density at radius 2 is 1.89 bits per heavy atom. The molecule has 1 amide bonds. The van der Waals surface area contributed by atoms with Crippen LogP contribution in [0.3, 0.4) is 0 Å². The first-order valence-electron chi connectivity index (χ1n) is 9.40. The second-order valence-corrected chi connectivity index (χ2v) is 6.79. The molecule has 1 aliphatic rings. The minimum absolute atomic E-state index is 0.0746. The van der Waals surface area contributed by atoms with E-state index >= 15 is 0 Å². The number of carbonyl (C=O) groups is 1. The third-order valence-corrected chi connectivity index (χ3v) is 5.01. The topological polar surface area (TPSA) is 61.5 Å². The molecule has 1 N–H and O–H groups in total. The average Bonchev–Trinajstić information content (AvgIpc) is 3.19. The molecule has 0 spiro atoms. The van der Waals surface area contributed by atoms with Crippen LogP contribution in [0.2, 0.25) is 0 Å². The second kappa shape index (κ2) is 7.80. The molecule has 1 aromatic heterocycles. The van der Waals surface area contributed by atoms with E-state index < -0.39 is 0 Å². The van der Waals surface area contributed by atoms with Crippen molar-refractivity contribution in [3.8, 4) is 5.75 Å². The molecule has 4 rings (SSSR count). The molecule has 6 heteroatoms. The summed E-state index contributed by atoms with van der Waals surface area (Å²) in [4.78, 5) is 17.2. The number of amides is 1. The first kappa shape index (κ1) is 17.5. The number of nitrogens with zero attached hydrogens (tertiary/aromatic N) is 3. The van der Waals surface area contributed by atoms with Crippen molar-refractivity contribution in [2.75, 3.05) is 32.8 Å². The van der Waals surface area contributed by atoms with E-state index in [2.05, 4.69) is 27.2 Å². The Labute approximate surface area is 158 Å². The summed E-state index contributed by atoms with van der Waals surface area (Å²) < 4.78 is 5.49. The number of nitrogens with one attached hydrogen (secondary N) is 1. The van der Waals surface area contributed by atoms with E-state index in [4.69, 9.17) is 4.74 Å². The van der Waals surface area contributed by atoms with Crippen LogP contribution in [0.1, 0.15) is 22.8 Å². The van der Waals surface area contributed by atoms with Crippen LogP contribution in [-0.2, 0) is 6.54 Å².